The van der Waals surface area contributed by atoms with Gasteiger partial charge in [-0.05, 0) is 18.6 Å². The Morgan fingerprint density at radius 2 is 1.60 bits per heavy atom. The molecule has 0 rings (SSSR count). The Kier molecular flexibility index (Phi) is 7.56. The van der Waals surface area contributed by atoms with E-state index in [1.165, 1.54) is 6.92 Å². The van der Waals surface area contributed by atoms with E-state index in [1.54, 1.807) is 0 Å². The molecule has 0 atom stereocenters. The van der Waals surface area contributed by atoms with Crippen LogP contribution in [0.2, 0.25) is 0 Å². The average molecular weight is 219 g/mol. The third-order valence-electron chi connectivity index (χ3n) is 1.23. The number of hydrogen-bond acceptors (Lipinski definition) is 1. The van der Waals surface area contributed by atoms with Crippen molar-refractivity contribution in [2.75, 3.05) is 0 Å². The van der Waals surface area contributed by atoms with Crippen LogP contribution in [0.5, 0.6) is 0 Å². The lowest BCUT2D eigenvalue weighted by atomic mass is 10.2. The fraction of sp³-hybridized carbons (Fsp3) is 0.364. The Morgan fingerprint density at radius 1 is 1.20 bits per heavy atom. The molecule has 0 aliphatic heterocycles. The van der Waals surface area contributed by atoms with Crippen LogP contribution >= 0.6 is 0 Å². The third kappa shape index (κ3) is 6.71. The topological polar surface area (TPSA) is 12.4 Å². The van der Waals surface area contributed by atoms with E-state index in [1.807, 2.05) is 13.8 Å². The van der Waals surface area contributed by atoms with E-state index < -0.39 is 11.9 Å². The molecule has 0 aliphatic carbocycles. The summed E-state index contributed by atoms with van der Waals surface area (Å²) in [6.07, 6.45) is -3.84. The predicted molar refractivity (Wildman–Crippen MR) is 59.0 cm³/mol. The van der Waals surface area contributed by atoms with Crippen molar-refractivity contribution in [3.05, 3.63) is 37.1 Å². The van der Waals surface area contributed by atoms with Gasteiger partial charge in [0.2, 0.25) is 0 Å². The lowest BCUT2D eigenvalue weighted by molar-refractivity contribution is -0.0576. The molecular weight excluding hydrogens is 203 g/mol. The highest BCUT2D eigenvalue weighted by molar-refractivity contribution is 5.99. The first kappa shape index (κ1) is 16.1. The van der Waals surface area contributed by atoms with Crippen LogP contribution in [0.15, 0.2) is 42.1 Å². The molecule has 0 aliphatic rings. The van der Waals surface area contributed by atoms with Crippen LogP contribution in [0.1, 0.15) is 20.8 Å². The molecule has 0 heterocycles. The van der Waals surface area contributed by atoms with E-state index in [4.69, 9.17) is 0 Å². The van der Waals surface area contributed by atoms with Crippen molar-refractivity contribution in [1.82, 2.24) is 0 Å². The molecule has 0 N–H and O–H groups in total. The lowest BCUT2D eigenvalue weighted by Crippen LogP contribution is -2.20. The normalized spacial score (nSPS) is 11.2. The van der Waals surface area contributed by atoms with Gasteiger partial charge in [-0.25, -0.2) is 4.99 Å². The Bertz CT molecular complexity index is 272. The highest BCUT2D eigenvalue weighted by atomic mass is 19.4. The smallest absolute Gasteiger partial charge is 0.244 e. The first-order valence-corrected chi connectivity index (χ1v) is 4.42. The van der Waals surface area contributed by atoms with Crippen molar-refractivity contribution in [2.24, 2.45) is 4.99 Å². The minimum absolute atomic E-state index is 0.00669. The van der Waals surface area contributed by atoms with Gasteiger partial charge < -0.3 is 0 Å². The molecule has 0 bridgehead atoms. The number of hydrogen-bond donors (Lipinski definition) is 0. The van der Waals surface area contributed by atoms with Crippen molar-refractivity contribution < 1.29 is 13.2 Å². The molecule has 0 fully saturated rings. The molecule has 0 amide bonds. The van der Waals surface area contributed by atoms with Gasteiger partial charge in [0.05, 0.1) is 5.70 Å². The zero-order chi connectivity index (χ0) is 12.6. The molecule has 4 heteroatoms. The summed E-state index contributed by atoms with van der Waals surface area (Å²) in [5.41, 5.74) is -0.656. The van der Waals surface area contributed by atoms with Crippen molar-refractivity contribution in [1.29, 1.82) is 0 Å². The zero-order valence-corrected chi connectivity index (χ0v) is 9.28. The minimum Gasteiger partial charge on any atom is -0.244 e. The highest BCUT2D eigenvalue weighted by Crippen LogP contribution is 2.20. The van der Waals surface area contributed by atoms with Gasteiger partial charge in [0.15, 0.2) is 0 Å². The first-order valence-electron chi connectivity index (χ1n) is 4.42. The second kappa shape index (κ2) is 7.04. The summed E-state index contributed by atoms with van der Waals surface area (Å²) in [6.45, 7) is 15.3. The Balaban J connectivity index is 0. The van der Waals surface area contributed by atoms with Crippen LogP contribution in [-0.2, 0) is 0 Å². The van der Waals surface area contributed by atoms with Crippen LogP contribution in [0, 0.1) is 0 Å². The summed E-state index contributed by atoms with van der Waals surface area (Å²) in [5.74, 6) is 0. The summed E-state index contributed by atoms with van der Waals surface area (Å²) >= 11 is 0. The maximum Gasteiger partial charge on any atom is 0.433 e. The third-order valence-corrected chi connectivity index (χ3v) is 1.23. The number of allylic oxidation sites excluding steroid dienone is 2. The molecule has 1 nitrogen and oxygen atoms in total. The molecule has 0 saturated carbocycles. The largest absolute Gasteiger partial charge is 0.433 e. The monoisotopic (exact) mass is 219 g/mol. The number of rotatable bonds is 3. The number of halogens is 3. The molecule has 86 valence electrons. The summed E-state index contributed by atoms with van der Waals surface area (Å²) in [5, 5.41) is 0. The molecule has 0 aromatic rings. The number of nitrogens with zero attached hydrogens (tertiary/aromatic N) is 1. The van der Waals surface area contributed by atoms with Gasteiger partial charge in [0.1, 0.15) is 5.71 Å². The minimum atomic E-state index is -4.49. The van der Waals surface area contributed by atoms with Gasteiger partial charge >= 0.3 is 6.18 Å². The first-order chi connectivity index (χ1) is 6.79. The molecule has 0 saturated heterocycles. The molecule has 15 heavy (non-hydrogen) atoms. The van der Waals surface area contributed by atoms with Crippen LogP contribution in [0.25, 0.3) is 0 Å². The molecule has 0 unspecified atom stereocenters. The van der Waals surface area contributed by atoms with E-state index in [9.17, 15) is 13.2 Å². The molecule has 0 aromatic heterocycles. The summed E-state index contributed by atoms with van der Waals surface area (Å²) in [7, 11) is 0. The van der Waals surface area contributed by atoms with Crippen LogP contribution < -0.4 is 0 Å². The molecule has 0 aromatic carbocycles. The van der Waals surface area contributed by atoms with Gasteiger partial charge in [-0.3, -0.25) is 0 Å². The Morgan fingerprint density at radius 3 is 1.80 bits per heavy atom. The van der Waals surface area contributed by atoms with Gasteiger partial charge in [0, 0.05) is 0 Å². The van der Waals surface area contributed by atoms with Crippen molar-refractivity contribution in [3.63, 3.8) is 0 Å². The average Bonchev–Trinajstić information content (AvgIpc) is 2.14. The maximum atomic E-state index is 12.1. The van der Waals surface area contributed by atoms with Gasteiger partial charge in [0.25, 0.3) is 0 Å². The predicted octanol–water partition coefficient (Wildman–Crippen LogP) is 4.29. The standard InChI is InChI=1S/C9H10F3N.C2H6/c1-5-8(9(10,11)12)13-7(4)6(2)3;1-2/h5H,1-2,4H2,3H3;1-2H3. The van der Waals surface area contributed by atoms with Gasteiger partial charge in [-0.2, -0.15) is 13.2 Å². The maximum absolute atomic E-state index is 12.1. The Hall–Kier alpha value is -1.32. The molecular formula is C11H16F3N. The van der Waals surface area contributed by atoms with Crippen molar-refractivity contribution in [2.45, 2.75) is 26.9 Å². The summed E-state index contributed by atoms with van der Waals surface area (Å²) < 4.78 is 36.2. The number of aliphatic imine (C=N–C) groups is 1. The van der Waals surface area contributed by atoms with E-state index in [2.05, 4.69) is 24.7 Å². The second-order valence-electron chi connectivity index (χ2n) is 2.43. The summed E-state index contributed by atoms with van der Waals surface area (Å²) in [6, 6.07) is 0. The van der Waals surface area contributed by atoms with Gasteiger partial charge in [-0.1, -0.05) is 33.6 Å². The second-order valence-corrected chi connectivity index (χ2v) is 2.43. The van der Waals surface area contributed by atoms with E-state index >= 15 is 0 Å². The lowest BCUT2D eigenvalue weighted by Gasteiger charge is -2.06. The fourth-order valence-electron chi connectivity index (χ4n) is 0.466. The SMILES string of the molecule is C=CC(=NC(=C)C(=C)C)C(F)(F)F.CC. The van der Waals surface area contributed by atoms with Crippen LogP contribution in [0.4, 0.5) is 13.2 Å². The summed E-state index contributed by atoms with van der Waals surface area (Å²) in [4.78, 5) is 3.25. The quantitative estimate of drug-likeness (QED) is 0.496. The van der Waals surface area contributed by atoms with Crippen molar-refractivity contribution in [3.8, 4) is 0 Å². The van der Waals surface area contributed by atoms with E-state index in [0.29, 0.717) is 11.6 Å². The zero-order valence-electron chi connectivity index (χ0n) is 9.28. The van der Waals surface area contributed by atoms with E-state index in [0.717, 1.165) is 0 Å². The fourth-order valence-corrected chi connectivity index (χ4v) is 0.466. The number of alkyl halides is 3. The Labute approximate surface area is 88.7 Å². The van der Waals surface area contributed by atoms with Crippen LogP contribution in [-0.4, -0.2) is 11.9 Å². The van der Waals surface area contributed by atoms with Gasteiger partial charge in [-0.15, -0.1) is 0 Å². The van der Waals surface area contributed by atoms with E-state index in [-0.39, 0.29) is 5.70 Å². The molecule has 0 radical (unpaired) electrons. The molecule has 0 spiro atoms. The highest BCUT2D eigenvalue weighted by Gasteiger charge is 2.33. The van der Waals surface area contributed by atoms with Crippen molar-refractivity contribution >= 4 is 5.71 Å². The van der Waals surface area contributed by atoms with Crippen LogP contribution in [0.3, 0.4) is 0 Å².